The van der Waals surface area contributed by atoms with Crippen LogP contribution < -0.4 is 5.32 Å². The molecule has 0 aliphatic carbocycles. The van der Waals surface area contributed by atoms with Crippen LogP contribution in [0.15, 0.2) is 41.7 Å². The van der Waals surface area contributed by atoms with E-state index in [0.29, 0.717) is 12.3 Å². The number of carbonyl (C=O) groups is 1. The van der Waals surface area contributed by atoms with Gasteiger partial charge in [-0.15, -0.1) is 16.4 Å². The summed E-state index contributed by atoms with van der Waals surface area (Å²) in [5.74, 6) is 0.272. The summed E-state index contributed by atoms with van der Waals surface area (Å²) in [6, 6.07) is 7.62. The largest absolute Gasteiger partial charge is 0.350 e. The number of nitrogens with one attached hydrogen (secondary N) is 1. The van der Waals surface area contributed by atoms with Gasteiger partial charge in [0.05, 0.1) is 23.7 Å². The Morgan fingerprint density at radius 1 is 1.24 bits per heavy atom. The van der Waals surface area contributed by atoms with E-state index in [1.54, 1.807) is 23.7 Å². The molecule has 25 heavy (non-hydrogen) atoms. The van der Waals surface area contributed by atoms with Crippen molar-refractivity contribution in [2.75, 3.05) is 5.75 Å². The van der Waals surface area contributed by atoms with Crippen molar-refractivity contribution in [3.63, 3.8) is 0 Å². The van der Waals surface area contributed by atoms with Gasteiger partial charge in [-0.2, -0.15) is 5.10 Å². The Morgan fingerprint density at radius 2 is 2.12 bits per heavy atom. The highest BCUT2D eigenvalue weighted by molar-refractivity contribution is 7.99. The van der Waals surface area contributed by atoms with Gasteiger partial charge in [0.15, 0.2) is 0 Å². The Kier molecular flexibility index (Phi) is 5.72. The molecule has 1 amide bonds. The highest BCUT2D eigenvalue weighted by Crippen LogP contribution is 2.27. The smallest absolute Gasteiger partial charge is 0.230 e. The standard InChI is InChI=1S/C17H17N5OS2/c1-11-5-6-16(22-21-11)24-10-15(23)19-9-14-12(2)20-17(25-14)13-4-3-7-18-8-13/h3-8H,9-10H2,1-2H3,(H,19,23). The van der Waals surface area contributed by atoms with E-state index in [0.717, 1.165) is 31.9 Å². The van der Waals surface area contributed by atoms with E-state index in [4.69, 9.17) is 0 Å². The van der Waals surface area contributed by atoms with Crippen molar-refractivity contribution in [3.05, 3.63) is 52.9 Å². The summed E-state index contributed by atoms with van der Waals surface area (Å²) in [6.45, 7) is 4.31. The summed E-state index contributed by atoms with van der Waals surface area (Å²) in [7, 11) is 0. The van der Waals surface area contributed by atoms with E-state index in [1.165, 1.54) is 11.8 Å². The topological polar surface area (TPSA) is 80.7 Å². The Balaban J connectivity index is 1.53. The van der Waals surface area contributed by atoms with Gasteiger partial charge in [-0.3, -0.25) is 9.78 Å². The first-order valence-electron chi connectivity index (χ1n) is 7.68. The number of nitrogens with zero attached hydrogens (tertiary/aromatic N) is 4. The summed E-state index contributed by atoms with van der Waals surface area (Å²) >= 11 is 2.95. The van der Waals surface area contributed by atoms with Crippen molar-refractivity contribution >= 4 is 29.0 Å². The number of thiazole rings is 1. The number of carbonyl (C=O) groups excluding carboxylic acids is 1. The molecule has 0 aromatic carbocycles. The molecule has 6 nitrogen and oxygen atoms in total. The third-order valence-corrected chi connectivity index (χ3v) is 5.50. The van der Waals surface area contributed by atoms with Gasteiger partial charge in [0.2, 0.25) is 5.91 Å². The first-order valence-corrected chi connectivity index (χ1v) is 9.48. The van der Waals surface area contributed by atoms with Gasteiger partial charge in [0.1, 0.15) is 10.0 Å². The van der Waals surface area contributed by atoms with E-state index < -0.39 is 0 Å². The van der Waals surface area contributed by atoms with Gasteiger partial charge >= 0.3 is 0 Å². The van der Waals surface area contributed by atoms with Gasteiger partial charge < -0.3 is 5.32 Å². The maximum atomic E-state index is 12.0. The molecule has 0 bridgehead atoms. The van der Waals surface area contributed by atoms with Crippen molar-refractivity contribution in [3.8, 4) is 10.6 Å². The minimum Gasteiger partial charge on any atom is -0.350 e. The zero-order chi connectivity index (χ0) is 17.6. The zero-order valence-corrected chi connectivity index (χ0v) is 15.5. The lowest BCUT2D eigenvalue weighted by molar-refractivity contribution is -0.118. The van der Waals surface area contributed by atoms with Crippen LogP contribution in [0.2, 0.25) is 0 Å². The third-order valence-electron chi connectivity index (χ3n) is 3.37. The number of aryl methyl sites for hydroxylation is 2. The number of rotatable bonds is 6. The lowest BCUT2D eigenvalue weighted by Gasteiger charge is -2.03. The van der Waals surface area contributed by atoms with Crippen LogP contribution in [-0.4, -0.2) is 31.8 Å². The molecule has 128 valence electrons. The SMILES string of the molecule is Cc1ccc(SCC(=O)NCc2sc(-c3cccnc3)nc2C)nn1. The van der Waals surface area contributed by atoms with Crippen LogP contribution in [0.5, 0.6) is 0 Å². The van der Waals surface area contributed by atoms with Crippen LogP contribution in [0.1, 0.15) is 16.3 Å². The van der Waals surface area contributed by atoms with E-state index in [1.807, 2.05) is 38.1 Å². The molecule has 0 spiro atoms. The fourth-order valence-corrected chi connectivity index (χ4v) is 3.67. The Labute approximate surface area is 154 Å². The second kappa shape index (κ2) is 8.17. The summed E-state index contributed by atoms with van der Waals surface area (Å²) in [5.41, 5.74) is 2.78. The van der Waals surface area contributed by atoms with E-state index in [-0.39, 0.29) is 5.91 Å². The maximum absolute atomic E-state index is 12.0. The molecule has 1 N–H and O–H groups in total. The molecule has 0 saturated carbocycles. The molecule has 3 aromatic rings. The van der Waals surface area contributed by atoms with Crippen LogP contribution in [0.3, 0.4) is 0 Å². The molecule has 3 heterocycles. The van der Waals surface area contributed by atoms with E-state index >= 15 is 0 Å². The van der Waals surface area contributed by atoms with Gasteiger partial charge in [0.25, 0.3) is 0 Å². The molecule has 8 heteroatoms. The van der Waals surface area contributed by atoms with Crippen LogP contribution in [0.4, 0.5) is 0 Å². The summed E-state index contributed by atoms with van der Waals surface area (Å²) < 4.78 is 0. The fraction of sp³-hybridized carbons (Fsp3) is 0.235. The van der Waals surface area contributed by atoms with Crippen molar-refractivity contribution in [1.29, 1.82) is 0 Å². The number of aromatic nitrogens is 4. The van der Waals surface area contributed by atoms with Gasteiger partial charge in [-0.05, 0) is 38.1 Å². The Bertz CT molecular complexity index is 849. The van der Waals surface area contributed by atoms with Crippen LogP contribution in [-0.2, 0) is 11.3 Å². The van der Waals surface area contributed by atoms with Crippen molar-refractivity contribution < 1.29 is 4.79 Å². The quantitative estimate of drug-likeness (QED) is 0.671. The molecule has 3 rings (SSSR count). The van der Waals surface area contributed by atoms with Gasteiger partial charge in [-0.1, -0.05) is 11.8 Å². The first kappa shape index (κ1) is 17.5. The Morgan fingerprint density at radius 3 is 2.84 bits per heavy atom. The Hall–Kier alpha value is -2.32. The van der Waals surface area contributed by atoms with E-state index in [2.05, 4.69) is 25.5 Å². The van der Waals surface area contributed by atoms with Gasteiger partial charge in [-0.25, -0.2) is 4.98 Å². The highest BCUT2D eigenvalue weighted by Gasteiger charge is 2.11. The van der Waals surface area contributed by atoms with Crippen LogP contribution >= 0.6 is 23.1 Å². The molecule has 0 radical (unpaired) electrons. The number of amides is 1. The summed E-state index contributed by atoms with van der Waals surface area (Å²) in [6.07, 6.45) is 3.53. The van der Waals surface area contributed by atoms with Gasteiger partial charge in [0, 0.05) is 22.8 Å². The molecule has 0 saturated heterocycles. The lowest BCUT2D eigenvalue weighted by atomic mass is 10.3. The number of hydrogen-bond acceptors (Lipinski definition) is 7. The number of thioether (sulfide) groups is 1. The molecule has 0 fully saturated rings. The predicted molar refractivity (Wildman–Crippen MR) is 99.4 cm³/mol. The van der Waals surface area contributed by atoms with E-state index in [9.17, 15) is 4.79 Å². The average molecular weight is 371 g/mol. The normalized spacial score (nSPS) is 10.6. The summed E-state index contributed by atoms with van der Waals surface area (Å²) in [5, 5.41) is 12.6. The van der Waals surface area contributed by atoms with Crippen molar-refractivity contribution in [1.82, 2.24) is 25.5 Å². The number of pyridine rings is 1. The third kappa shape index (κ3) is 4.83. The fourth-order valence-electron chi connectivity index (χ4n) is 2.04. The second-order valence-electron chi connectivity index (χ2n) is 5.35. The minimum absolute atomic E-state index is 0.0388. The molecule has 3 aromatic heterocycles. The molecule has 0 aliphatic heterocycles. The van der Waals surface area contributed by atoms with Crippen LogP contribution in [0.25, 0.3) is 10.6 Å². The molecular formula is C17H17N5OS2. The average Bonchev–Trinajstić information content (AvgIpc) is 3.01. The zero-order valence-electron chi connectivity index (χ0n) is 13.9. The lowest BCUT2D eigenvalue weighted by Crippen LogP contribution is -2.24. The van der Waals surface area contributed by atoms with Crippen molar-refractivity contribution in [2.45, 2.75) is 25.4 Å². The predicted octanol–water partition coefficient (Wildman–Crippen LogP) is 3.02. The maximum Gasteiger partial charge on any atom is 0.230 e. The molecule has 0 atom stereocenters. The van der Waals surface area contributed by atoms with Crippen LogP contribution in [0, 0.1) is 13.8 Å². The molecule has 0 unspecified atom stereocenters. The number of hydrogen-bond donors (Lipinski definition) is 1. The monoisotopic (exact) mass is 371 g/mol. The first-order chi connectivity index (χ1) is 12.1. The molecular weight excluding hydrogens is 354 g/mol. The van der Waals surface area contributed by atoms with Crippen molar-refractivity contribution in [2.24, 2.45) is 0 Å². The molecule has 0 aliphatic rings. The second-order valence-corrected chi connectivity index (χ2v) is 7.43. The minimum atomic E-state index is -0.0388. The summed E-state index contributed by atoms with van der Waals surface area (Å²) in [4.78, 5) is 21.8. The highest BCUT2D eigenvalue weighted by atomic mass is 32.2.